The van der Waals surface area contributed by atoms with Crippen molar-refractivity contribution in [2.24, 2.45) is 17.6 Å². The van der Waals surface area contributed by atoms with Gasteiger partial charge in [-0.3, -0.25) is 4.79 Å². The maximum Gasteiger partial charge on any atom is 0.239 e. The Morgan fingerprint density at radius 2 is 1.83 bits per heavy atom. The summed E-state index contributed by atoms with van der Waals surface area (Å²) in [4.78, 5) is 13.3. The van der Waals surface area contributed by atoms with Crippen LogP contribution in [0, 0.1) is 11.8 Å². The van der Waals surface area contributed by atoms with Gasteiger partial charge in [0.05, 0.1) is 6.04 Å². The standard InChI is InChI=1S/C9H18N2O/c1-6-4-11(5-7(6)2)9(12)8(3)10/h6-8H,4-5,10H2,1-3H3/t6?,7?,8-/m0/s1. The monoisotopic (exact) mass is 170 g/mol. The fourth-order valence-electron chi connectivity index (χ4n) is 1.60. The molecular weight excluding hydrogens is 152 g/mol. The van der Waals surface area contributed by atoms with Gasteiger partial charge in [-0.2, -0.15) is 0 Å². The lowest BCUT2D eigenvalue weighted by Gasteiger charge is -2.17. The number of nitrogens with zero attached hydrogens (tertiary/aromatic N) is 1. The zero-order chi connectivity index (χ0) is 9.30. The van der Waals surface area contributed by atoms with Gasteiger partial charge in [0.25, 0.3) is 0 Å². The van der Waals surface area contributed by atoms with E-state index in [1.807, 2.05) is 4.90 Å². The molecule has 70 valence electrons. The van der Waals surface area contributed by atoms with Gasteiger partial charge in [-0.25, -0.2) is 0 Å². The van der Waals surface area contributed by atoms with E-state index in [2.05, 4.69) is 13.8 Å². The molecule has 1 aliphatic rings. The third-order valence-corrected chi connectivity index (χ3v) is 2.69. The summed E-state index contributed by atoms with van der Waals surface area (Å²) in [5, 5.41) is 0. The van der Waals surface area contributed by atoms with Crippen LogP contribution in [-0.4, -0.2) is 29.9 Å². The number of carbonyl (C=O) groups excluding carboxylic acids is 1. The number of amides is 1. The van der Waals surface area contributed by atoms with E-state index in [0.717, 1.165) is 13.1 Å². The van der Waals surface area contributed by atoms with Gasteiger partial charge in [-0.1, -0.05) is 13.8 Å². The van der Waals surface area contributed by atoms with Crippen LogP contribution < -0.4 is 5.73 Å². The first-order chi connectivity index (χ1) is 5.52. The highest BCUT2D eigenvalue weighted by Crippen LogP contribution is 2.22. The van der Waals surface area contributed by atoms with Gasteiger partial charge >= 0.3 is 0 Å². The molecule has 0 aliphatic carbocycles. The minimum absolute atomic E-state index is 0.0891. The molecule has 0 aromatic carbocycles. The molecule has 0 radical (unpaired) electrons. The minimum Gasteiger partial charge on any atom is -0.341 e. The largest absolute Gasteiger partial charge is 0.341 e. The van der Waals surface area contributed by atoms with Gasteiger partial charge in [0, 0.05) is 13.1 Å². The quantitative estimate of drug-likeness (QED) is 0.621. The van der Waals surface area contributed by atoms with Crippen LogP contribution in [0.25, 0.3) is 0 Å². The Morgan fingerprint density at radius 3 is 2.17 bits per heavy atom. The Labute approximate surface area is 73.9 Å². The molecule has 3 atom stereocenters. The van der Waals surface area contributed by atoms with Crippen LogP contribution >= 0.6 is 0 Å². The van der Waals surface area contributed by atoms with Crippen molar-refractivity contribution in [2.45, 2.75) is 26.8 Å². The average molecular weight is 170 g/mol. The molecule has 2 unspecified atom stereocenters. The second kappa shape index (κ2) is 3.44. The van der Waals surface area contributed by atoms with Crippen LogP contribution in [0.1, 0.15) is 20.8 Å². The van der Waals surface area contributed by atoms with Gasteiger partial charge in [0.1, 0.15) is 0 Å². The van der Waals surface area contributed by atoms with Gasteiger partial charge in [0.15, 0.2) is 0 Å². The van der Waals surface area contributed by atoms with E-state index < -0.39 is 0 Å². The van der Waals surface area contributed by atoms with Crippen molar-refractivity contribution in [2.75, 3.05) is 13.1 Å². The third-order valence-electron chi connectivity index (χ3n) is 2.69. The summed E-state index contributed by atoms with van der Waals surface area (Å²) in [6, 6.07) is -0.345. The normalized spacial score (nSPS) is 32.2. The molecular formula is C9H18N2O. The molecule has 1 amide bonds. The van der Waals surface area contributed by atoms with Gasteiger partial charge in [-0.15, -0.1) is 0 Å². The summed E-state index contributed by atoms with van der Waals surface area (Å²) < 4.78 is 0. The van der Waals surface area contributed by atoms with Crippen molar-refractivity contribution < 1.29 is 4.79 Å². The number of hydrogen-bond acceptors (Lipinski definition) is 2. The zero-order valence-corrected chi connectivity index (χ0v) is 8.08. The van der Waals surface area contributed by atoms with Crippen molar-refractivity contribution in [3.05, 3.63) is 0 Å². The number of carbonyl (C=O) groups is 1. The Bertz CT molecular complexity index is 169. The number of rotatable bonds is 1. The summed E-state index contributed by atoms with van der Waals surface area (Å²) in [5.74, 6) is 1.33. The van der Waals surface area contributed by atoms with E-state index in [0.29, 0.717) is 11.8 Å². The molecule has 0 aromatic heterocycles. The summed E-state index contributed by atoms with van der Waals surface area (Å²) in [6.45, 7) is 7.86. The lowest BCUT2D eigenvalue weighted by Crippen LogP contribution is -2.40. The van der Waals surface area contributed by atoms with Crippen molar-refractivity contribution >= 4 is 5.91 Å². The van der Waals surface area contributed by atoms with Crippen LogP contribution in [0.3, 0.4) is 0 Å². The molecule has 0 aromatic rings. The summed E-state index contributed by atoms with van der Waals surface area (Å²) in [5.41, 5.74) is 5.52. The molecule has 1 saturated heterocycles. The van der Waals surface area contributed by atoms with Gasteiger partial charge < -0.3 is 10.6 Å². The van der Waals surface area contributed by atoms with Crippen LogP contribution in [0.5, 0.6) is 0 Å². The van der Waals surface area contributed by atoms with E-state index in [4.69, 9.17) is 5.73 Å². The first kappa shape index (κ1) is 9.52. The van der Waals surface area contributed by atoms with Crippen LogP contribution in [0.2, 0.25) is 0 Å². The Kier molecular flexibility index (Phi) is 2.73. The Balaban J connectivity index is 2.52. The van der Waals surface area contributed by atoms with Crippen LogP contribution in [0.15, 0.2) is 0 Å². The van der Waals surface area contributed by atoms with Crippen molar-refractivity contribution in [3.8, 4) is 0 Å². The highest BCUT2D eigenvalue weighted by Gasteiger charge is 2.30. The SMILES string of the molecule is CC1CN(C(=O)[C@H](C)N)CC1C. The maximum atomic E-state index is 11.4. The number of likely N-dealkylation sites (tertiary alicyclic amines) is 1. The van der Waals surface area contributed by atoms with Gasteiger partial charge in [0.2, 0.25) is 5.91 Å². The van der Waals surface area contributed by atoms with E-state index in [1.54, 1.807) is 6.92 Å². The minimum atomic E-state index is -0.345. The summed E-state index contributed by atoms with van der Waals surface area (Å²) >= 11 is 0. The second-order valence-corrected chi connectivity index (χ2v) is 3.99. The van der Waals surface area contributed by atoms with Crippen LogP contribution in [-0.2, 0) is 4.79 Å². The predicted octanol–water partition coefficient (Wildman–Crippen LogP) is 0.448. The predicted molar refractivity (Wildman–Crippen MR) is 48.6 cm³/mol. The van der Waals surface area contributed by atoms with Crippen LogP contribution in [0.4, 0.5) is 0 Å². The molecule has 0 saturated carbocycles. The zero-order valence-electron chi connectivity index (χ0n) is 8.08. The van der Waals surface area contributed by atoms with E-state index in [1.165, 1.54) is 0 Å². The van der Waals surface area contributed by atoms with Gasteiger partial charge in [-0.05, 0) is 18.8 Å². The highest BCUT2D eigenvalue weighted by atomic mass is 16.2. The third kappa shape index (κ3) is 1.78. The average Bonchev–Trinajstić information content (AvgIpc) is 2.30. The summed E-state index contributed by atoms with van der Waals surface area (Å²) in [7, 11) is 0. The van der Waals surface area contributed by atoms with E-state index in [9.17, 15) is 4.79 Å². The molecule has 0 bridgehead atoms. The fourth-order valence-corrected chi connectivity index (χ4v) is 1.60. The molecule has 12 heavy (non-hydrogen) atoms. The molecule has 2 N–H and O–H groups in total. The molecule has 1 rings (SSSR count). The van der Waals surface area contributed by atoms with E-state index >= 15 is 0 Å². The Hall–Kier alpha value is -0.570. The maximum absolute atomic E-state index is 11.4. The lowest BCUT2D eigenvalue weighted by atomic mass is 10.0. The molecule has 3 heteroatoms. The first-order valence-corrected chi connectivity index (χ1v) is 4.56. The Morgan fingerprint density at radius 1 is 1.42 bits per heavy atom. The smallest absolute Gasteiger partial charge is 0.239 e. The fraction of sp³-hybridized carbons (Fsp3) is 0.889. The van der Waals surface area contributed by atoms with Crippen molar-refractivity contribution in [3.63, 3.8) is 0 Å². The molecule has 1 aliphatic heterocycles. The second-order valence-electron chi connectivity index (χ2n) is 3.99. The topological polar surface area (TPSA) is 46.3 Å². The number of hydrogen-bond donors (Lipinski definition) is 1. The molecule has 0 spiro atoms. The molecule has 3 nitrogen and oxygen atoms in total. The lowest BCUT2D eigenvalue weighted by molar-refractivity contribution is -0.131. The van der Waals surface area contributed by atoms with Crippen molar-refractivity contribution in [1.29, 1.82) is 0 Å². The summed E-state index contributed by atoms with van der Waals surface area (Å²) in [6.07, 6.45) is 0. The van der Waals surface area contributed by atoms with E-state index in [-0.39, 0.29) is 11.9 Å². The molecule has 1 fully saturated rings. The highest BCUT2D eigenvalue weighted by molar-refractivity contribution is 5.81. The first-order valence-electron chi connectivity index (χ1n) is 4.56. The number of nitrogens with two attached hydrogens (primary N) is 1. The molecule has 1 heterocycles. The van der Waals surface area contributed by atoms with Crippen molar-refractivity contribution in [1.82, 2.24) is 4.90 Å².